The molecule has 73 heavy (non-hydrogen) atoms. The van der Waals surface area contributed by atoms with Crippen molar-refractivity contribution in [2.75, 3.05) is 75.1 Å². The normalized spacial score (nSPS) is 10.5. The number of halogens is 3. The molecule has 0 saturated heterocycles. The number of nitrogens with zero attached hydrogens (tertiary/aromatic N) is 9. The minimum Gasteiger partial charge on any atom is -0.438 e. The van der Waals surface area contributed by atoms with Gasteiger partial charge in [0.05, 0.1) is 35.0 Å². The summed E-state index contributed by atoms with van der Waals surface area (Å²) >= 11 is 9.57. The lowest BCUT2D eigenvalue weighted by Gasteiger charge is -2.11. The van der Waals surface area contributed by atoms with Gasteiger partial charge in [-0.05, 0) is 71.4 Å². The van der Waals surface area contributed by atoms with Gasteiger partial charge in [0.25, 0.3) is 0 Å². The highest BCUT2D eigenvalue weighted by Crippen LogP contribution is 2.34. The van der Waals surface area contributed by atoms with Crippen LogP contribution in [0.25, 0.3) is 0 Å². The third-order valence-corrected chi connectivity index (χ3v) is 9.44. The fourth-order valence-corrected chi connectivity index (χ4v) is 5.79. The van der Waals surface area contributed by atoms with Gasteiger partial charge < -0.3 is 77.8 Å². The van der Waals surface area contributed by atoms with E-state index in [9.17, 15) is 18.8 Å². The lowest BCUT2D eigenvalue weighted by Crippen LogP contribution is -2.28. The van der Waals surface area contributed by atoms with Crippen LogP contribution in [0.2, 0.25) is 5.02 Å². The van der Waals surface area contributed by atoms with Crippen molar-refractivity contribution in [3.05, 3.63) is 106 Å². The molecule has 0 bridgehead atoms. The van der Waals surface area contributed by atoms with E-state index in [2.05, 4.69) is 108 Å². The van der Waals surface area contributed by atoms with Crippen LogP contribution in [0.3, 0.4) is 0 Å². The minimum absolute atomic E-state index is 0.00469. The van der Waals surface area contributed by atoms with E-state index in [1.54, 1.807) is 36.4 Å². The van der Waals surface area contributed by atoms with Crippen LogP contribution in [-0.4, -0.2) is 109 Å². The molecule has 6 aromatic rings. The number of amides is 6. The van der Waals surface area contributed by atoms with Crippen LogP contribution in [-0.2, 0) is 14.5 Å². The number of nitrogens with two attached hydrogens (primary N) is 3. The highest BCUT2D eigenvalue weighted by molar-refractivity contribution is 9.10. The predicted molar refractivity (Wildman–Crippen MR) is 274 cm³/mol. The van der Waals surface area contributed by atoms with Gasteiger partial charge >= 0.3 is 18.1 Å². The zero-order valence-corrected chi connectivity index (χ0v) is 41.8. The monoisotopic (exact) mass is 1090 g/mol. The Hall–Kier alpha value is -9.38. The summed E-state index contributed by atoms with van der Waals surface area (Å²) in [5.74, 6) is 1.26. The van der Waals surface area contributed by atoms with Gasteiger partial charge in [-0.3, -0.25) is 0 Å². The van der Waals surface area contributed by atoms with Gasteiger partial charge in [0.1, 0.15) is 97.5 Å². The number of aromatic nitrogens is 6. The van der Waals surface area contributed by atoms with Gasteiger partial charge in [0.15, 0.2) is 0 Å². The van der Waals surface area contributed by atoms with Gasteiger partial charge in [-0.15, -0.1) is 0 Å². The molecular weight excluding hydrogens is 1050 g/mol. The van der Waals surface area contributed by atoms with Crippen molar-refractivity contribution >= 4 is 98.8 Å². The quantitative estimate of drug-likeness (QED) is 0.0360. The zero-order valence-electron chi connectivity index (χ0n) is 39.4. The Morgan fingerprint density at radius 1 is 0.630 bits per heavy atom. The van der Waals surface area contributed by atoms with E-state index in [0.29, 0.717) is 45.0 Å². The summed E-state index contributed by atoms with van der Waals surface area (Å²) in [5.41, 5.74) is 19.5. The Morgan fingerprint density at radius 3 is 1.51 bits per heavy atom. The molecule has 3 heterocycles. The minimum atomic E-state index is -0.676. The van der Waals surface area contributed by atoms with Crippen molar-refractivity contribution < 1.29 is 47.5 Å². The van der Waals surface area contributed by atoms with E-state index in [-0.39, 0.29) is 69.2 Å². The lowest BCUT2D eigenvalue weighted by molar-refractivity contribution is 0.215. The Kier molecular flexibility index (Phi) is 22.3. The van der Waals surface area contributed by atoms with E-state index < -0.39 is 11.8 Å². The maximum absolute atomic E-state index is 14.0. The number of benzene rings is 3. The first-order valence-corrected chi connectivity index (χ1v) is 21.8. The second kappa shape index (κ2) is 29.0. The van der Waals surface area contributed by atoms with Crippen LogP contribution >= 0.6 is 27.5 Å². The molecule has 3 aromatic heterocycles. The van der Waals surface area contributed by atoms with Crippen molar-refractivity contribution in [3.63, 3.8) is 0 Å². The number of ether oxygens (including phenoxy) is 3. The molecule has 0 aliphatic rings. The van der Waals surface area contributed by atoms with Crippen LogP contribution in [0.4, 0.5) is 53.3 Å². The fourth-order valence-electron chi connectivity index (χ4n) is 5.12. The number of carbonyl (C=O) groups excluding carboxylic acids is 3. The molecule has 0 unspecified atom stereocenters. The largest absolute Gasteiger partial charge is 0.438 e. The smallest absolute Gasteiger partial charge is 0.319 e. The molecule has 6 rings (SSSR count). The SMILES string of the molecule is CCNC(=O)Nc1ccc(Oc2ncnc(N)c2/C=N/OC)c(Cl)c1.CNC(=O)Nc1ccc(Oc2ncnc(N)c2/C=N/OC)cc1Br.CNC(=O)Nc1ccc(Oc2ncnc(N)c2/C=N/OC)cc1F. The Labute approximate surface area is 428 Å². The Bertz CT molecular complexity index is 2810. The maximum Gasteiger partial charge on any atom is 0.319 e. The predicted octanol–water partition coefficient (Wildman–Crippen LogP) is 6.69. The van der Waals surface area contributed by atoms with Crippen molar-refractivity contribution in [2.24, 2.45) is 15.5 Å². The molecule has 0 radical (unpaired) electrons. The molecule has 0 saturated carbocycles. The number of nitrogens with one attached hydrogen (secondary N) is 6. The topological polar surface area (TPSA) is 371 Å². The highest BCUT2D eigenvalue weighted by Gasteiger charge is 2.16. The van der Waals surface area contributed by atoms with Gasteiger partial charge in [0, 0.05) is 36.9 Å². The molecule has 12 N–H and O–H groups in total. The first-order valence-electron chi connectivity index (χ1n) is 20.6. The number of oxime groups is 3. The lowest BCUT2D eigenvalue weighted by atomic mass is 10.3. The number of hydrogen-bond donors (Lipinski definition) is 9. The molecule has 0 fully saturated rings. The van der Waals surface area contributed by atoms with E-state index in [1.165, 1.54) is 85.2 Å². The van der Waals surface area contributed by atoms with E-state index in [1.807, 2.05) is 6.92 Å². The molecule has 0 atom stereocenters. The summed E-state index contributed by atoms with van der Waals surface area (Å²) in [6.45, 7) is 2.34. The van der Waals surface area contributed by atoms with E-state index in [4.69, 9.17) is 43.0 Å². The van der Waals surface area contributed by atoms with Crippen LogP contribution in [0.15, 0.2) is 93.5 Å². The first-order chi connectivity index (χ1) is 35.1. The zero-order chi connectivity index (χ0) is 53.3. The molecule has 0 spiro atoms. The van der Waals surface area contributed by atoms with Gasteiger partial charge in [-0.2, -0.15) is 0 Å². The second-order valence-electron chi connectivity index (χ2n) is 13.3. The first kappa shape index (κ1) is 56.2. The van der Waals surface area contributed by atoms with Crippen LogP contribution in [0.5, 0.6) is 34.9 Å². The molecule has 384 valence electrons. The summed E-state index contributed by atoms with van der Waals surface area (Å²) in [4.78, 5) is 71.5. The number of urea groups is 3. The van der Waals surface area contributed by atoms with Gasteiger partial charge in [-0.25, -0.2) is 48.7 Å². The van der Waals surface area contributed by atoms with E-state index in [0.717, 1.165) is 6.07 Å². The summed E-state index contributed by atoms with van der Waals surface area (Å²) in [6.07, 6.45) is 7.72. The Balaban J connectivity index is 0.000000237. The second-order valence-corrected chi connectivity index (χ2v) is 14.6. The molecule has 0 aliphatic heterocycles. The van der Waals surface area contributed by atoms with Crippen molar-refractivity contribution in [2.45, 2.75) is 6.92 Å². The number of carbonyl (C=O) groups is 3. The molecule has 27 nitrogen and oxygen atoms in total. The molecule has 30 heteroatoms. The number of anilines is 6. The average Bonchev–Trinajstić information content (AvgIpc) is 3.36. The van der Waals surface area contributed by atoms with Crippen molar-refractivity contribution in [1.82, 2.24) is 45.9 Å². The van der Waals surface area contributed by atoms with Crippen LogP contribution in [0.1, 0.15) is 23.6 Å². The third-order valence-electron chi connectivity index (χ3n) is 8.49. The van der Waals surface area contributed by atoms with Crippen LogP contribution < -0.4 is 63.3 Å². The standard InChI is InChI=1S/C15H17ClN6O3.C14H15BrN6O3.C14H15FN6O3/c1-3-18-15(23)22-9-4-5-12(11(16)6-9)25-14-10(7-21-24-2)13(17)19-8-20-14;2*1-17-14(22)21-11-4-3-8(5-10(11)15)24-13-9(6-20-23-2)12(16)18-7-19-13/h4-8H,3H2,1-2H3,(H2,17,19,20)(H2,18,22,23);2*3-7H,1-2H3,(H2,16,18,19)(H2,17,21,22)/b21-7+;2*20-6+. The molecule has 6 amide bonds. The summed E-state index contributed by atoms with van der Waals surface area (Å²) in [7, 11) is 7.13. The Morgan fingerprint density at radius 2 is 1.08 bits per heavy atom. The highest BCUT2D eigenvalue weighted by atomic mass is 79.9. The third kappa shape index (κ3) is 17.5. The molecular formula is C43H47BrClFN18O9. The average molecular weight is 1090 g/mol. The fraction of sp³-hybridized carbons (Fsp3) is 0.163. The number of hydrogen-bond acceptors (Lipinski definition) is 21. The summed E-state index contributed by atoms with van der Waals surface area (Å²) in [6, 6.07) is 12.6. The van der Waals surface area contributed by atoms with Crippen molar-refractivity contribution in [3.8, 4) is 34.9 Å². The van der Waals surface area contributed by atoms with E-state index >= 15 is 0 Å². The maximum atomic E-state index is 14.0. The summed E-state index contributed by atoms with van der Waals surface area (Å²) < 4.78 is 31.6. The van der Waals surface area contributed by atoms with Gasteiger partial charge in [0.2, 0.25) is 17.6 Å². The molecule has 3 aromatic carbocycles. The molecule has 0 aliphatic carbocycles. The van der Waals surface area contributed by atoms with Gasteiger partial charge in [-0.1, -0.05) is 27.1 Å². The van der Waals surface area contributed by atoms with Crippen LogP contribution in [0, 0.1) is 5.82 Å². The van der Waals surface area contributed by atoms with Crippen molar-refractivity contribution in [1.29, 1.82) is 0 Å². The number of rotatable bonds is 16. The number of nitrogen functional groups attached to an aromatic ring is 3. The summed E-state index contributed by atoms with van der Waals surface area (Å²) in [5, 5.41) is 26.2.